The fourth-order valence-electron chi connectivity index (χ4n) is 1.48. The monoisotopic (exact) mass is 189 g/mol. The molecule has 0 saturated heterocycles. The standard InChI is InChI=1S/C11H15N3/c1-3-14(4-2)11-6-5-10(13)7-9(11)8-12/h5-7H,3-4,13H2,1-2H3. The third-order valence-electron chi connectivity index (χ3n) is 2.25. The largest absolute Gasteiger partial charge is 0.399 e. The second-order valence-electron chi connectivity index (χ2n) is 3.06. The molecule has 0 saturated carbocycles. The van der Waals surface area contributed by atoms with Crippen molar-refractivity contribution in [3.05, 3.63) is 23.8 Å². The van der Waals surface area contributed by atoms with Crippen LogP contribution in [0.5, 0.6) is 0 Å². The Morgan fingerprint density at radius 1 is 1.36 bits per heavy atom. The molecule has 0 heterocycles. The van der Waals surface area contributed by atoms with Crippen LogP contribution in [-0.4, -0.2) is 13.1 Å². The summed E-state index contributed by atoms with van der Waals surface area (Å²) in [4.78, 5) is 2.14. The van der Waals surface area contributed by atoms with Crippen LogP contribution in [0, 0.1) is 11.3 Å². The Morgan fingerprint density at radius 2 is 2.00 bits per heavy atom. The molecule has 0 radical (unpaired) electrons. The van der Waals surface area contributed by atoms with Crippen LogP contribution in [-0.2, 0) is 0 Å². The van der Waals surface area contributed by atoms with E-state index in [1.54, 1.807) is 6.07 Å². The summed E-state index contributed by atoms with van der Waals surface area (Å²) in [6.45, 7) is 5.94. The molecule has 3 nitrogen and oxygen atoms in total. The zero-order valence-electron chi connectivity index (χ0n) is 8.62. The van der Waals surface area contributed by atoms with E-state index in [1.165, 1.54) is 0 Å². The van der Waals surface area contributed by atoms with E-state index in [0.29, 0.717) is 11.3 Å². The minimum Gasteiger partial charge on any atom is -0.399 e. The Bertz CT molecular complexity index is 348. The minimum atomic E-state index is 0.637. The van der Waals surface area contributed by atoms with Gasteiger partial charge in [-0.25, -0.2) is 0 Å². The van der Waals surface area contributed by atoms with Gasteiger partial charge in [0.25, 0.3) is 0 Å². The van der Waals surface area contributed by atoms with Crippen LogP contribution in [0.25, 0.3) is 0 Å². The van der Waals surface area contributed by atoms with Crippen molar-refractivity contribution in [2.75, 3.05) is 23.7 Å². The van der Waals surface area contributed by atoms with Gasteiger partial charge in [-0.15, -0.1) is 0 Å². The van der Waals surface area contributed by atoms with Crippen molar-refractivity contribution >= 4 is 11.4 Å². The van der Waals surface area contributed by atoms with E-state index in [2.05, 4.69) is 24.8 Å². The number of hydrogen-bond donors (Lipinski definition) is 1. The van der Waals surface area contributed by atoms with E-state index in [0.717, 1.165) is 18.8 Å². The van der Waals surface area contributed by atoms with Crippen LogP contribution < -0.4 is 10.6 Å². The van der Waals surface area contributed by atoms with E-state index in [4.69, 9.17) is 11.0 Å². The molecule has 1 aromatic rings. The van der Waals surface area contributed by atoms with Crippen molar-refractivity contribution in [1.29, 1.82) is 5.26 Å². The van der Waals surface area contributed by atoms with E-state index >= 15 is 0 Å². The lowest BCUT2D eigenvalue weighted by Gasteiger charge is -2.22. The van der Waals surface area contributed by atoms with Gasteiger partial charge in [-0.3, -0.25) is 0 Å². The van der Waals surface area contributed by atoms with E-state index in [9.17, 15) is 0 Å². The Balaban J connectivity index is 3.14. The van der Waals surface area contributed by atoms with Crippen LogP contribution in [0.3, 0.4) is 0 Å². The van der Waals surface area contributed by atoms with Gasteiger partial charge in [0.05, 0.1) is 11.3 Å². The molecule has 2 N–H and O–H groups in total. The van der Waals surface area contributed by atoms with Crippen molar-refractivity contribution < 1.29 is 0 Å². The highest BCUT2D eigenvalue weighted by Gasteiger charge is 2.07. The van der Waals surface area contributed by atoms with Crippen LogP contribution in [0.4, 0.5) is 11.4 Å². The Hall–Kier alpha value is -1.69. The molecular weight excluding hydrogens is 174 g/mol. The molecule has 0 aliphatic carbocycles. The summed E-state index contributed by atoms with van der Waals surface area (Å²) in [5, 5.41) is 8.95. The van der Waals surface area contributed by atoms with Gasteiger partial charge in [-0.2, -0.15) is 5.26 Å². The number of hydrogen-bond acceptors (Lipinski definition) is 3. The Labute approximate surface area is 84.7 Å². The second-order valence-corrected chi connectivity index (χ2v) is 3.06. The highest BCUT2D eigenvalue weighted by atomic mass is 15.1. The lowest BCUT2D eigenvalue weighted by Crippen LogP contribution is -2.22. The third kappa shape index (κ3) is 1.97. The third-order valence-corrected chi connectivity index (χ3v) is 2.25. The summed E-state index contributed by atoms with van der Waals surface area (Å²) in [6.07, 6.45) is 0. The molecule has 0 bridgehead atoms. The first-order chi connectivity index (χ1) is 6.72. The number of nitrogens with zero attached hydrogens (tertiary/aromatic N) is 2. The number of rotatable bonds is 3. The number of nitrogens with two attached hydrogens (primary N) is 1. The van der Waals surface area contributed by atoms with Crippen molar-refractivity contribution in [3.63, 3.8) is 0 Å². The molecule has 0 fully saturated rings. The summed E-state index contributed by atoms with van der Waals surface area (Å²) < 4.78 is 0. The highest BCUT2D eigenvalue weighted by Crippen LogP contribution is 2.21. The predicted molar refractivity (Wildman–Crippen MR) is 59.1 cm³/mol. The second kappa shape index (κ2) is 4.52. The van der Waals surface area contributed by atoms with E-state index < -0.39 is 0 Å². The van der Waals surface area contributed by atoms with Gasteiger partial charge in [0.1, 0.15) is 6.07 Å². The molecule has 0 unspecified atom stereocenters. The summed E-state index contributed by atoms with van der Waals surface area (Å²) in [5.41, 5.74) is 7.86. The summed E-state index contributed by atoms with van der Waals surface area (Å²) >= 11 is 0. The van der Waals surface area contributed by atoms with Crippen LogP contribution in [0.15, 0.2) is 18.2 Å². The van der Waals surface area contributed by atoms with Gasteiger partial charge in [0.2, 0.25) is 0 Å². The molecule has 0 aliphatic rings. The first-order valence-electron chi connectivity index (χ1n) is 4.77. The van der Waals surface area contributed by atoms with E-state index in [1.807, 2.05) is 12.1 Å². The highest BCUT2D eigenvalue weighted by molar-refractivity contribution is 5.64. The maximum absolute atomic E-state index is 8.95. The molecule has 0 atom stereocenters. The normalized spacial score (nSPS) is 9.50. The molecule has 14 heavy (non-hydrogen) atoms. The van der Waals surface area contributed by atoms with Gasteiger partial charge < -0.3 is 10.6 Å². The lowest BCUT2D eigenvalue weighted by molar-refractivity contribution is 0.865. The van der Waals surface area contributed by atoms with Crippen molar-refractivity contribution in [3.8, 4) is 6.07 Å². The molecule has 0 aromatic heterocycles. The SMILES string of the molecule is CCN(CC)c1ccc(N)cc1C#N. The van der Waals surface area contributed by atoms with Crippen molar-refractivity contribution in [1.82, 2.24) is 0 Å². The smallest absolute Gasteiger partial charge is 0.101 e. The first-order valence-corrected chi connectivity index (χ1v) is 4.77. The summed E-state index contributed by atoms with van der Waals surface area (Å²) in [5.74, 6) is 0. The van der Waals surface area contributed by atoms with Crippen LogP contribution in [0.1, 0.15) is 19.4 Å². The average Bonchev–Trinajstić information content (AvgIpc) is 2.21. The fourth-order valence-corrected chi connectivity index (χ4v) is 1.48. The lowest BCUT2D eigenvalue weighted by atomic mass is 10.1. The number of nitrogen functional groups attached to an aromatic ring is 1. The zero-order chi connectivity index (χ0) is 10.6. The molecule has 1 rings (SSSR count). The molecule has 0 amide bonds. The summed E-state index contributed by atoms with van der Waals surface area (Å²) in [7, 11) is 0. The fraction of sp³-hybridized carbons (Fsp3) is 0.364. The van der Waals surface area contributed by atoms with Gasteiger partial charge in [0.15, 0.2) is 0 Å². The van der Waals surface area contributed by atoms with Crippen LogP contribution in [0.2, 0.25) is 0 Å². The predicted octanol–water partition coefficient (Wildman–Crippen LogP) is 1.99. The number of nitriles is 1. The number of benzene rings is 1. The van der Waals surface area contributed by atoms with Crippen molar-refractivity contribution in [2.24, 2.45) is 0 Å². The van der Waals surface area contributed by atoms with Gasteiger partial charge >= 0.3 is 0 Å². The minimum absolute atomic E-state index is 0.637. The molecule has 74 valence electrons. The average molecular weight is 189 g/mol. The van der Waals surface area contributed by atoms with Crippen molar-refractivity contribution in [2.45, 2.75) is 13.8 Å². The Morgan fingerprint density at radius 3 is 2.50 bits per heavy atom. The topological polar surface area (TPSA) is 53.0 Å². The molecule has 0 spiro atoms. The maximum atomic E-state index is 8.95. The van der Waals surface area contributed by atoms with Gasteiger partial charge in [0, 0.05) is 18.8 Å². The Kier molecular flexibility index (Phi) is 3.35. The van der Waals surface area contributed by atoms with E-state index in [-0.39, 0.29) is 0 Å². The quantitative estimate of drug-likeness (QED) is 0.740. The summed E-state index contributed by atoms with van der Waals surface area (Å²) in [6, 6.07) is 7.61. The van der Waals surface area contributed by atoms with Gasteiger partial charge in [-0.05, 0) is 32.0 Å². The van der Waals surface area contributed by atoms with Gasteiger partial charge in [-0.1, -0.05) is 0 Å². The molecular formula is C11H15N3. The molecule has 1 aromatic carbocycles. The molecule has 3 heteroatoms. The first kappa shape index (κ1) is 10.4. The zero-order valence-corrected chi connectivity index (χ0v) is 8.62. The van der Waals surface area contributed by atoms with Crippen LogP contribution >= 0.6 is 0 Å². The maximum Gasteiger partial charge on any atom is 0.101 e. The number of anilines is 2. The molecule has 0 aliphatic heterocycles.